The zero-order valence-corrected chi connectivity index (χ0v) is 8.67. The van der Waals surface area contributed by atoms with Crippen molar-refractivity contribution in [2.75, 3.05) is 13.2 Å². The third-order valence-electron chi connectivity index (χ3n) is 1.98. The zero-order valence-electron chi connectivity index (χ0n) is 8.67. The molecule has 0 aromatic carbocycles. The molecule has 6 heteroatoms. The van der Waals surface area contributed by atoms with Crippen LogP contribution in [0.25, 0.3) is 0 Å². The molecule has 0 fully saturated rings. The minimum atomic E-state index is -3.26. The van der Waals surface area contributed by atoms with Gasteiger partial charge in [-0.2, -0.15) is 0 Å². The van der Waals surface area contributed by atoms with Crippen molar-refractivity contribution >= 4 is 5.97 Å². The highest BCUT2D eigenvalue weighted by atomic mass is 19.3. The summed E-state index contributed by atoms with van der Waals surface area (Å²) in [6.45, 7) is -0.203. The van der Waals surface area contributed by atoms with Crippen molar-refractivity contribution in [2.45, 2.75) is 38.2 Å². The first-order valence-corrected chi connectivity index (χ1v) is 4.88. The van der Waals surface area contributed by atoms with Crippen LogP contribution in [-0.2, 0) is 4.79 Å². The number of aliphatic carboxylic acids is 1. The van der Waals surface area contributed by atoms with Crippen LogP contribution < -0.4 is 5.32 Å². The van der Waals surface area contributed by atoms with E-state index in [-0.39, 0.29) is 0 Å². The summed E-state index contributed by atoms with van der Waals surface area (Å²) >= 11 is 0. The van der Waals surface area contributed by atoms with Gasteiger partial charge in [-0.15, -0.1) is 0 Å². The van der Waals surface area contributed by atoms with Crippen molar-refractivity contribution < 1.29 is 23.8 Å². The molecule has 1 atom stereocenters. The van der Waals surface area contributed by atoms with Crippen molar-refractivity contribution in [3.8, 4) is 0 Å². The van der Waals surface area contributed by atoms with E-state index in [0.29, 0.717) is 12.8 Å². The molecule has 0 bridgehead atoms. The molecule has 90 valence electrons. The summed E-state index contributed by atoms with van der Waals surface area (Å²) in [4.78, 5) is 10.6. The van der Waals surface area contributed by atoms with Crippen LogP contribution in [0.4, 0.5) is 8.78 Å². The third-order valence-corrected chi connectivity index (χ3v) is 1.98. The van der Waals surface area contributed by atoms with E-state index in [1.807, 2.05) is 6.92 Å². The highest BCUT2D eigenvalue weighted by molar-refractivity contribution is 5.73. The van der Waals surface area contributed by atoms with Gasteiger partial charge in [-0.05, 0) is 6.42 Å². The molecule has 15 heavy (non-hydrogen) atoms. The Labute approximate surface area is 87.3 Å². The molecular formula is C9H17F2NO3. The lowest BCUT2D eigenvalue weighted by atomic mass is 10.1. The van der Waals surface area contributed by atoms with E-state index in [1.54, 1.807) is 0 Å². The summed E-state index contributed by atoms with van der Waals surface area (Å²) in [5.41, 5.74) is 0. The molecule has 0 heterocycles. The van der Waals surface area contributed by atoms with Gasteiger partial charge in [0.1, 0.15) is 12.6 Å². The Morgan fingerprint density at radius 1 is 1.53 bits per heavy atom. The Bertz CT molecular complexity index is 200. The molecule has 0 amide bonds. The number of aliphatic hydroxyl groups is 1. The number of hydrogen-bond acceptors (Lipinski definition) is 3. The third kappa shape index (κ3) is 6.35. The van der Waals surface area contributed by atoms with Gasteiger partial charge in [0.15, 0.2) is 0 Å². The van der Waals surface area contributed by atoms with Crippen LogP contribution in [0, 0.1) is 0 Å². The van der Waals surface area contributed by atoms with E-state index in [9.17, 15) is 13.6 Å². The summed E-state index contributed by atoms with van der Waals surface area (Å²) in [5.74, 6) is -4.41. The topological polar surface area (TPSA) is 69.6 Å². The maximum absolute atomic E-state index is 12.6. The number of aliphatic hydroxyl groups excluding tert-OH is 1. The summed E-state index contributed by atoms with van der Waals surface area (Å²) in [5, 5.41) is 19.2. The zero-order chi connectivity index (χ0) is 11.9. The molecule has 0 rings (SSSR count). The predicted octanol–water partition coefficient (Wildman–Crippen LogP) is 0.847. The lowest BCUT2D eigenvalue weighted by molar-refractivity contribution is -0.140. The molecule has 1 unspecified atom stereocenters. The first-order chi connectivity index (χ1) is 6.93. The highest BCUT2D eigenvalue weighted by Gasteiger charge is 2.29. The second-order valence-electron chi connectivity index (χ2n) is 3.43. The van der Waals surface area contributed by atoms with Crippen LogP contribution in [0.1, 0.15) is 26.2 Å². The van der Waals surface area contributed by atoms with E-state index in [2.05, 4.69) is 5.32 Å². The van der Waals surface area contributed by atoms with Gasteiger partial charge < -0.3 is 10.2 Å². The summed E-state index contributed by atoms with van der Waals surface area (Å²) in [7, 11) is 0. The van der Waals surface area contributed by atoms with Crippen LogP contribution in [0.2, 0.25) is 0 Å². The molecule has 0 aromatic heterocycles. The Balaban J connectivity index is 4.01. The van der Waals surface area contributed by atoms with Gasteiger partial charge in [-0.1, -0.05) is 19.8 Å². The normalized spacial score (nSPS) is 13.9. The molecule has 4 nitrogen and oxygen atoms in total. The van der Waals surface area contributed by atoms with E-state index in [4.69, 9.17) is 10.2 Å². The molecule has 0 aliphatic rings. The Morgan fingerprint density at radius 3 is 2.53 bits per heavy atom. The quantitative estimate of drug-likeness (QED) is 0.572. The van der Waals surface area contributed by atoms with Crippen molar-refractivity contribution in [1.82, 2.24) is 5.32 Å². The molecular weight excluding hydrogens is 208 g/mol. The van der Waals surface area contributed by atoms with E-state index in [0.717, 1.165) is 6.42 Å². The van der Waals surface area contributed by atoms with Crippen LogP contribution in [0.3, 0.4) is 0 Å². The maximum atomic E-state index is 12.6. The van der Waals surface area contributed by atoms with E-state index < -0.39 is 31.1 Å². The number of alkyl halides is 2. The van der Waals surface area contributed by atoms with Crippen molar-refractivity contribution in [1.29, 1.82) is 0 Å². The number of hydrogen-bond donors (Lipinski definition) is 3. The first kappa shape index (κ1) is 14.2. The molecule has 0 aliphatic heterocycles. The van der Waals surface area contributed by atoms with E-state index in [1.165, 1.54) is 0 Å². The highest BCUT2D eigenvalue weighted by Crippen LogP contribution is 2.11. The molecule has 0 aromatic rings. The number of carbonyl (C=O) groups is 1. The van der Waals surface area contributed by atoms with Crippen molar-refractivity contribution in [3.05, 3.63) is 0 Å². The molecule has 0 radical (unpaired) electrons. The number of rotatable bonds is 8. The lowest BCUT2D eigenvalue weighted by Crippen LogP contribution is -2.44. The van der Waals surface area contributed by atoms with E-state index >= 15 is 0 Å². The Morgan fingerprint density at radius 2 is 2.13 bits per heavy atom. The van der Waals surface area contributed by atoms with Gasteiger partial charge in [0.05, 0.1) is 6.54 Å². The van der Waals surface area contributed by atoms with Gasteiger partial charge in [-0.3, -0.25) is 10.1 Å². The number of halogens is 2. The van der Waals surface area contributed by atoms with Crippen molar-refractivity contribution in [2.24, 2.45) is 0 Å². The Hall–Kier alpha value is -0.750. The fraction of sp³-hybridized carbons (Fsp3) is 0.889. The maximum Gasteiger partial charge on any atom is 0.320 e. The summed E-state index contributed by atoms with van der Waals surface area (Å²) < 4.78 is 25.2. The largest absolute Gasteiger partial charge is 0.480 e. The minimum absolute atomic E-state index is 0.313. The number of nitrogens with one attached hydrogen (secondary N) is 1. The fourth-order valence-electron chi connectivity index (χ4n) is 1.05. The molecule has 0 spiro atoms. The fourth-order valence-corrected chi connectivity index (χ4v) is 1.05. The molecule has 3 N–H and O–H groups in total. The molecule has 0 aliphatic carbocycles. The standard InChI is InChI=1S/C9H17F2NO3/c1-2-3-4-7(8(14)15)12-5-9(10,11)6-13/h7,12-13H,2-6H2,1H3,(H,14,15). The monoisotopic (exact) mass is 225 g/mol. The predicted molar refractivity (Wildman–Crippen MR) is 51.0 cm³/mol. The molecule has 0 saturated heterocycles. The first-order valence-electron chi connectivity index (χ1n) is 4.88. The number of unbranched alkanes of at least 4 members (excludes halogenated alkanes) is 1. The second-order valence-corrected chi connectivity index (χ2v) is 3.43. The SMILES string of the molecule is CCCCC(NCC(F)(F)CO)C(=O)O. The minimum Gasteiger partial charge on any atom is -0.480 e. The summed E-state index contributed by atoms with van der Waals surface area (Å²) in [6.07, 6.45) is 1.78. The van der Waals surface area contributed by atoms with Crippen LogP contribution >= 0.6 is 0 Å². The number of carboxylic acid groups (broad SMARTS) is 1. The van der Waals surface area contributed by atoms with Gasteiger partial charge in [0, 0.05) is 0 Å². The smallest absolute Gasteiger partial charge is 0.320 e. The van der Waals surface area contributed by atoms with Gasteiger partial charge >= 0.3 is 5.97 Å². The van der Waals surface area contributed by atoms with Crippen molar-refractivity contribution in [3.63, 3.8) is 0 Å². The van der Waals surface area contributed by atoms with Gasteiger partial charge in [0.2, 0.25) is 0 Å². The summed E-state index contributed by atoms with van der Waals surface area (Å²) in [6, 6.07) is -0.970. The van der Waals surface area contributed by atoms with Gasteiger partial charge in [-0.25, -0.2) is 8.78 Å². The Kier molecular flexibility index (Phi) is 6.35. The van der Waals surface area contributed by atoms with Crippen LogP contribution in [0.5, 0.6) is 0 Å². The average molecular weight is 225 g/mol. The van der Waals surface area contributed by atoms with Crippen LogP contribution in [0.15, 0.2) is 0 Å². The molecule has 0 saturated carbocycles. The van der Waals surface area contributed by atoms with Gasteiger partial charge in [0.25, 0.3) is 5.92 Å². The average Bonchev–Trinajstić information content (AvgIpc) is 2.17. The second kappa shape index (κ2) is 6.68. The number of carboxylic acids is 1. The lowest BCUT2D eigenvalue weighted by Gasteiger charge is -2.18. The van der Waals surface area contributed by atoms with Crippen LogP contribution in [-0.4, -0.2) is 41.3 Å².